The fourth-order valence-corrected chi connectivity index (χ4v) is 4.19. The molecule has 0 spiro atoms. The van der Waals surface area contributed by atoms with Crippen LogP contribution in [0.5, 0.6) is 0 Å². The zero-order chi connectivity index (χ0) is 15.7. The molecule has 5 heteroatoms. The molecule has 3 heterocycles. The van der Waals surface area contributed by atoms with E-state index in [0.717, 1.165) is 42.9 Å². The molecule has 0 aliphatic carbocycles. The van der Waals surface area contributed by atoms with Crippen LogP contribution in [0.3, 0.4) is 0 Å². The van der Waals surface area contributed by atoms with E-state index in [1.165, 1.54) is 19.4 Å². The van der Waals surface area contributed by atoms with Crippen LogP contribution in [-0.2, 0) is 11.2 Å². The van der Waals surface area contributed by atoms with Gasteiger partial charge in [-0.1, -0.05) is 12.1 Å². The van der Waals surface area contributed by atoms with E-state index in [1.807, 2.05) is 13.8 Å². The fraction of sp³-hybridized carbons (Fsp3) is 0.765. The van der Waals surface area contributed by atoms with Gasteiger partial charge >= 0.3 is 0 Å². The van der Waals surface area contributed by atoms with Crippen molar-refractivity contribution < 1.29 is 9.32 Å². The number of carbonyl (C=O) groups excluding carboxylic acids is 1. The molecule has 0 unspecified atom stereocenters. The highest BCUT2D eigenvalue weighted by atomic mass is 16.5. The summed E-state index contributed by atoms with van der Waals surface area (Å²) in [5.74, 6) is 1.01. The third-order valence-electron chi connectivity index (χ3n) is 5.39. The van der Waals surface area contributed by atoms with Crippen LogP contribution in [0, 0.1) is 13.8 Å². The van der Waals surface area contributed by atoms with Crippen LogP contribution >= 0.6 is 0 Å². The molecule has 0 aromatic carbocycles. The Balaban J connectivity index is 1.71. The normalized spacial score (nSPS) is 26.0. The van der Waals surface area contributed by atoms with Crippen LogP contribution < -0.4 is 0 Å². The molecule has 2 aliphatic rings. The summed E-state index contributed by atoms with van der Waals surface area (Å²) in [7, 11) is 0. The van der Waals surface area contributed by atoms with Crippen molar-refractivity contribution in [3.8, 4) is 0 Å². The van der Waals surface area contributed by atoms with Gasteiger partial charge in [0.2, 0.25) is 5.91 Å². The van der Waals surface area contributed by atoms with Gasteiger partial charge in [0.15, 0.2) is 0 Å². The third-order valence-corrected chi connectivity index (χ3v) is 5.39. The maximum atomic E-state index is 12.8. The minimum Gasteiger partial charge on any atom is -0.361 e. The molecule has 0 N–H and O–H groups in total. The van der Waals surface area contributed by atoms with Gasteiger partial charge in [-0.05, 0) is 52.6 Å². The topological polar surface area (TPSA) is 49.6 Å². The quantitative estimate of drug-likeness (QED) is 0.856. The lowest BCUT2D eigenvalue weighted by Gasteiger charge is -2.34. The van der Waals surface area contributed by atoms with Crippen LogP contribution in [0.15, 0.2) is 4.52 Å². The van der Waals surface area contributed by atoms with Crippen molar-refractivity contribution in [2.45, 2.75) is 65.0 Å². The van der Waals surface area contributed by atoms with Crippen molar-refractivity contribution >= 4 is 5.91 Å². The number of hydrogen-bond acceptors (Lipinski definition) is 4. The molecular weight excluding hydrogens is 278 g/mol. The van der Waals surface area contributed by atoms with Gasteiger partial charge in [0, 0.05) is 24.2 Å². The summed E-state index contributed by atoms with van der Waals surface area (Å²) in [6.07, 6.45) is 5.20. The first-order valence-electron chi connectivity index (χ1n) is 8.57. The molecule has 0 bridgehead atoms. The number of nitrogens with zero attached hydrogens (tertiary/aromatic N) is 3. The van der Waals surface area contributed by atoms with Crippen molar-refractivity contribution in [1.29, 1.82) is 0 Å². The molecule has 2 fully saturated rings. The van der Waals surface area contributed by atoms with E-state index in [-0.39, 0.29) is 5.91 Å². The third kappa shape index (κ3) is 2.78. The number of likely N-dealkylation sites (tertiary alicyclic amines) is 2. The molecule has 2 atom stereocenters. The van der Waals surface area contributed by atoms with Gasteiger partial charge in [-0.3, -0.25) is 9.69 Å². The van der Waals surface area contributed by atoms with Crippen LogP contribution in [0.25, 0.3) is 0 Å². The Bertz CT molecular complexity index is 521. The maximum Gasteiger partial charge on any atom is 0.227 e. The Hall–Kier alpha value is -1.36. The van der Waals surface area contributed by atoms with Crippen molar-refractivity contribution in [3.05, 3.63) is 17.0 Å². The van der Waals surface area contributed by atoms with Gasteiger partial charge in [-0.25, -0.2) is 0 Å². The Morgan fingerprint density at radius 1 is 1.23 bits per heavy atom. The molecule has 22 heavy (non-hydrogen) atoms. The van der Waals surface area contributed by atoms with E-state index in [2.05, 4.69) is 21.9 Å². The monoisotopic (exact) mass is 305 g/mol. The maximum absolute atomic E-state index is 12.8. The van der Waals surface area contributed by atoms with E-state index >= 15 is 0 Å². The highest BCUT2D eigenvalue weighted by Crippen LogP contribution is 2.30. The van der Waals surface area contributed by atoms with E-state index in [1.54, 1.807) is 0 Å². The van der Waals surface area contributed by atoms with Crippen LogP contribution in [0.1, 0.15) is 49.6 Å². The van der Waals surface area contributed by atoms with Gasteiger partial charge in [-0.2, -0.15) is 0 Å². The predicted octanol–water partition coefficient (Wildman–Crippen LogP) is 2.31. The minimum absolute atomic E-state index is 0.236. The number of carbonyl (C=O) groups is 1. The lowest BCUT2D eigenvalue weighted by molar-refractivity contribution is -0.132. The Morgan fingerprint density at radius 3 is 2.64 bits per heavy atom. The second-order valence-corrected chi connectivity index (χ2v) is 6.61. The highest BCUT2D eigenvalue weighted by Gasteiger charge is 2.39. The first-order chi connectivity index (χ1) is 10.6. The largest absolute Gasteiger partial charge is 0.361 e. The molecule has 1 aromatic heterocycles. The molecule has 0 radical (unpaired) electrons. The lowest BCUT2D eigenvalue weighted by Crippen LogP contribution is -2.48. The lowest BCUT2D eigenvalue weighted by atomic mass is 10.0. The summed E-state index contributed by atoms with van der Waals surface area (Å²) >= 11 is 0. The fourth-order valence-electron chi connectivity index (χ4n) is 4.19. The number of likely N-dealkylation sites (N-methyl/N-ethyl adjacent to an activating group) is 1. The first-order valence-corrected chi connectivity index (χ1v) is 8.57. The standard InChI is InChI=1S/C17H27N3O2/c1-4-19-9-5-7-15(19)16-8-6-10-20(16)17(21)11-14-12(2)18-22-13(14)3/h15-16H,4-11H2,1-3H3/t15-,16-/m1/s1. The van der Waals surface area contributed by atoms with Gasteiger partial charge < -0.3 is 9.42 Å². The number of aromatic nitrogens is 1. The summed E-state index contributed by atoms with van der Waals surface area (Å²) in [5.41, 5.74) is 1.81. The SMILES string of the molecule is CCN1CCC[C@@H]1[C@H]1CCCN1C(=O)Cc1c(C)noc1C. The van der Waals surface area contributed by atoms with Gasteiger partial charge in [-0.15, -0.1) is 0 Å². The summed E-state index contributed by atoms with van der Waals surface area (Å²) in [6, 6.07) is 0.955. The zero-order valence-electron chi connectivity index (χ0n) is 14.0. The van der Waals surface area contributed by atoms with Crippen molar-refractivity contribution in [3.63, 3.8) is 0 Å². The number of hydrogen-bond donors (Lipinski definition) is 0. The molecule has 122 valence electrons. The molecule has 1 aromatic rings. The average molecular weight is 305 g/mol. The molecular formula is C17H27N3O2. The minimum atomic E-state index is 0.236. The first kappa shape index (κ1) is 15.5. The van der Waals surface area contributed by atoms with E-state index in [9.17, 15) is 4.79 Å². The van der Waals surface area contributed by atoms with Crippen LogP contribution in [-0.4, -0.2) is 52.6 Å². The predicted molar refractivity (Wildman–Crippen MR) is 84.7 cm³/mol. The molecule has 0 saturated carbocycles. The smallest absolute Gasteiger partial charge is 0.227 e. The zero-order valence-corrected chi connectivity index (χ0v) is 14.0. The number of amides is 1. The summed E-state index contributed by atoms with van der Waals surface area (Å²) in [4.78, 5) is 17.5. The van der Waals surface area contributed by atoms with Crippen molar-refractivity contribution in [2.75, 3.05) is 19.6 Å². The van der Waals surface area contributed by atoms with Crippen LogP contribution in [0.2, 0.25) is 0 Å². The molecule has 2 saturated heterocycles. The van der Waals surface area contributed by atoms with Crippen LogP contribution in [0.4, 0.5) is 0 Å². The molecule has 3 rings (SSSR count). The van der Waals surface area contributed by atoms with Gasteiger partial charge in [0.1, 0.15) is 5.76 Å². The summed E-state index contributed by atoms with van der Waals surface area (Å²) < 4.78 is 5.19. The van der Waals surface area contributed by atoms with E-state index < -0.39 is 0 Å². The van der Waals surface area contributed by atoms with Gasteiger partial charge in [0.05, 0.1) is 12.1 Å². The number of aryl methyl sites for hydroxylation is 2. The van der Waals surface area contributed by atoms with Gasteiger partial charge in [0.25, 0.3) is 0 Å². The summed E-state index contributed by atoms with van der Waals surface area (Å²) in [5, 5.41) is 3.96. The van der Waals surface area contributed by atoms with Crippen molar-refractivity contribution in [2.24, 2.45) is 0 Å². The molecule has 1 amide bonds. The van der Waals surface area contributed by atoms with E-state index in [4.69, 9.17) is 4.52 Å². The Kier molecular flexibility index (Phi) is 4.52. The second kappa shape index (κ2) is 6.41. The van der Waals surface area contributed by atoms with E-state index in [0.29, 0.717) is 18.5 Å². The second-order valence-electron chi connectivity index (χ2n) is 6.61. The molecule has 2 aliphatic heterocycles. The summed E-state index contributed by atoms with van der Waals surface area (Å²) in [6.45, 7) is 9.21. The Morgan fingerprint density at radius 2 is 1.95 bits per heavy atom. The highest BCUT2D eigenvalue weighted by molar-refractivity contribution is 5.80. The van der Waals surface area contributed by atoms with Crippen molar-refractivity contribution in [1.82, 2.24) is 15.0 Å². The average Bonchev–Trinajstić information content (AvgIpc) is 3.21. The number of rotatable bonds is 4. The molecule has 5 nitrogen and oxygen atoms in total. The Labute approximate surface area is 132 Å².